The van der Waals surface area contributed by atoms with Crippen molar-refractivity contribution in [2.75, 3.05) is 26.2 Å². The molecular formula is C14H19N3O2. The number of piperazine rings is 1. The van der Waals surface area contributed by atoms with Gasteiger partial charge in [0.15, 0.2) is 0 Å². The third-order valence-electron chi connectivity index (χ3n) is 4.10. The van der Waals surface area contributed by atoms with Crippen LogP contribution in [0.25, 0.3) is 0 Å². The number of carbonyl (C=O) groups is 1. The molecule has 1 aromatic rings. The minimum absolute atomic E-state index is 0.0132. The first kappa shape index (κ1) is 12.4. The Morgan fingerprint density at radius 1 is 1.32 bits per heavy atom. The Labute approximate surface area is 112 Å². The monoisotopic (exact) mass is 261 g/mol. The molecule has 1 aromatic heterocycles. The number of aryl methyl sites for hydroxylation is 1. The highest BCUT2D eigenvalue weighted by atomic mass is 16.2. The van der Waals surface area contributed by atoms with Gasteiger partial charge < -0.3 is 9.88 Å². The molecule has 2 aliphatic heterocycles. The number of aromatic nitrogens is 1. The number of carbonyl (C=O) groups excluding carboxylic acids is 1. The first-order valence-corrected chi connectivity index (χ1v) is 6.88. The summed E-state index contributed by atoms with van der Waals surface area (Å²) in [4.78, 5) is 30.9. The van der Waals surface area contributed by atoms with Gasteiger partial charge >= 0.3 is 0 Å². The van der Waals surface area contributed by atoms with Gasteiger partial charge in [-0.2, -0.15) is 0 Å². The van der Waals surface area contributed by atoms with Crippen molar-refractivity contribution in [1.82, 2.24) is 14.8 Å². The van der Waals surface area contributed by atoms with Crippen molar-refractivity contribution in [2.24, 2.45) is 0 Å². The SMILES string of the molecule is Cc1cc(C(=O)N2CCN3CCCC3C2)cc(=O)[nH]1. The Morgan fingerprint density at radius 2 is 2.16 bits per heavy atom. The summed E-state index contributed by atoms with van der Waals surface area (Å²) >= 11 is 0. The van der Waals surface area contributed by atoms with E-state index in [9.17, 15) is 9.59 Å². The zero-order valence-corrected chi connectivity index (χ0v) is 11.2. The molecule has 2 saturated heterocycles. The Morgan fingerprint density at radius 3 is 2.95 bits per heavy atom. The van der Waals surface area contributed by atoms with Crippen molar-refractivity contribution in [3.05, 3.63) is 33.7 Å². The minimum Gasteiger partial charge on any atom is -0.336 e. The lowest BCUT2D eigenvalue weighted by Crippen LogP contribution is -2.52. The van der Waals surface area contributed by atoms with Crippen molar-refractivity contribution in [3.63, 3.8) is 0 Å². The van der Waals surface area contributed by atoms with Gasteiger partial charge in [-0.05, 0) is 32.4 Å². The molecule has 0 spiro atoms. The first-order chi connectivity index (χ1) is 9.13. The van der Waals surface area contributed by atoms with Crippen molar-refractivity contribution >= 4 is 5.91 Å². The second-order valence-electron chi connectivity index (χ2n) is 5.50. The van der Waals surface area contributed by atoms with Crippen LogP contribution >= 0.6 is 0 Å². The molecule has 1 amide bonds. The maximum atomic E-state index is 12.4. The van der Waals surface area contributed by atoms with Crippen LogP contribution in [-0.4, -0.2) is 52.9 Å². The average molecular weight is 261 g/mol. The smallest absolute Gasteiger partial charge is 0.254 e. The fourth-order valence-corrected chi connectivity index (χ4v) is 3.16. The van der Waals surface area contributed by atoms with Crippen LogP contribution in [-0.2, 0) is 0 Å². The number of pyridine rings is 1. The average Bonchev–Trinajstić information content (AvgIpc) is 2.83. The van der Waals surface area contributed by atoms with Crippen molar-refractivity contribution in [3.8, 4) is 0 Å². The summed E-state index contributed by atoms with van der Waals surface area (Å²) in [7, 11) is 0. The second-order valence-corrected chi connectivity index (χ2v) is 5.50. The molecule has 3 heterocycles. The summed E-state index contributed by atoms with van der Waals surface area (Å²) in [5.41, 5.74) is 1.03. The number of nitrogens with one attached hydrogen (secondary N) is 1. The van der Waals surface area contributed by atoms with Crippen LogP contribution < -0.4 is 5.56 Å². The van der Waals surface area contributed by atoms with E-state index in [1.807, 2.05) is 4.90 Å². The third-order valence-corrected chi connectivity index (χ3v) is 4.10. The summed E-state index contributed by atoms with van der Waals surface area (Å²) in [6, 6.07) is 3.67. The number of rotatable bonds is 1. The summed E-state index contributed by atoms with van der Waals surface area (Å²) < 4.78 is 0. The highest BCUT2D eigenvalue weighted by molar-refractivity contribution is 5.94. The molecule has 3 rings (SSSR count). The molecule has 0 bridgehead atoms. The summed E-state index contributed by atoms with van der Waals surface area (Å²) in [6.45, 7) is 5.48. The quantitative estimate of drug-likeness (QED) is 0.805. The summed E-state index contributed by atoms with van der Waals surface area (Å²) in [6.07, 6.45) is 2.41. The van der Waals surface area contributed by atoms with Gasteiger partial charge in [0.1, 0.15) is 0 Å². The highest BCUT2D eigenvalue weighted by Gasteiger charge is 2.32. The molecule has 2 fully saturated rings. The Hall–Kier alpha value is -1.62. The second kappa shape index (κ2) is 4.81. The lowest BCUT2D eigenvalue weighted by Gasteiger charge is -2.37. The maximum absolute atomic E-state index is 12.4. The Kier molecular flexibility index (Phi) is 3.14. The molecule has 0 radical (unpaired) electrons. The predicted molar refractivity (Wildman–Crippen MR) is 72.3 cm³/mol. The molecule has 19 heavy (non-hydrogen) atoms. The van der Waals surface area contributed by atoms with Crippen LogP contribution in [0.4, 0.5) is 0 Å². The van der Waals surface area contributed by atoms with E-state index in [0.717, 1.165) is 31.9 Å². The highest BCUT2D eigenvalue weighted by Crippen LogP contribution is 2.22. The van der Waals surface area contributed by atoms with Crippen LogP contribution in [0.2, 0.25) is 0 Å². The summed E-state index contributed by atoms with van der Waals surface area (Å²) in [5, 5.41) is 0. The van der Waals surface area contributed by atoms with Gasteiger partial charge in [0.25, 0.3) is 5.91 Å². The fraction of sp³-hybridized carbons (Fsp3) is 0.571. The topological polar surface area (TPSA) is 56.4 Å². The van der Waals surface area contributed by atoms with Crippen LogP contribution in [0.1, 0.15) is 28.9 Å². The number of fused-ring (bicyclic) bond motifs is 1. The number of amides is 1. The van der Waals surface area contributed by atoms with Gasteiger partial charge in [0.2, 0.25) is 5.56 Å². The third kappa shape index (κ3) is 2.42. The number of aromatic amines is 1. The van der Waals surface area contributed by atoms with Crippen LogP contribution in [0.5, 0.6) is 0 Å². The van der Waals surface area contributed by atoms with Crippen molar-refractivity contribution < 1.29 is 4.79 Å². The standard InChI is InChI=1S/C14H19N3O2/c1-10-7-11(8-13(18)15-10)14(19)17-6-5-16-4-2-3-12(16)9-17/h7-8,12H,2-6,9H2,1H3,(H,15,18). The lowest BCUT2D eigenvalue weighted by molar-refractivity contribution is 0.0571. The number of hydrogen-bond acceptors (Lipinski definition) is 3. The molecule has 1 atom stereocenters. The molecular weight excluding hydrogens is 242 g/mol. The van der Waals surface area contributed by atoms with E-state index >= 15 is 0 Å². The van der Waals surface area contributed by atoms with Gasteiger partial charge in [0, 0.05) is 43.0 Å². The van der Waals surface area contributed by atoms with E-state index < -0.39 is 0 Å². The minimum atomic E-state index is -0.206. The molecule has 2 aliphatic rings. The zero-order valence-electron chi connectivity index (χ0n) is 11.2. The van der Waals surface area contributed by atoms with Gasteiger partial charge in [-0.25, -0.2) is 0 Å². The van der Waals surface area contributed by atoms with Gasteiger partial charge in [0.05, 0.1) is 0 Å². The first-order valence-electron chi connectivity index (χ1n) is 6.88. The molecule has 0 aliphatic carbocycles. The maximum Gasteiger partial charge on any atom is 0.254 e. The zero-order chi connectivity index (χ0) is 13.4. The van der Waals surface area contributed by atoms with E-state index in [1.54, 1.807) is 13.0 Å². The normalized spacial score (nSPS) is 23.4. The largest absolute Gasteiger partial charge is 0.336 e. The molecule has 1 N–H and O–H groups in total. The molecule has 5 nitrogen and oxygen atoms in total. The molecule has 1 unspecified atom stereocenters. The van der Waals surface area contributed by atoms with Crippen LogP contribution in [0.3, 0.4) is 0 Å². The molecule has 102 valence electrons. The lowest BCUT2D eigenvalue weighted by atomic mass is 10.1. The fourth-order valence-electron chi connectivity index (χ4n) is 3.16. The Bertz CT molecular complexity index is 552. The van der Waals surface area contributed by atoms with E-state index in [0.29, 0.717) is 11.6 Å². The molecule has 0 saturated carbocycles. The molecule has 0 aromatic carbocycles. The van der Waals surface area contributed by atoms with Crippen LogP contribution in [0, 0.1) is 6.92 Å². The van der Waals surface area contributed by atoms with E-state index in [2.05, 4.69) is 9.88 Å². The van der Waals surface area contributed by atoms with E-state index in [4.69, 9.17) is 0 Å². The Balaban J connectivity index is 1.78. The van der Waals surface area contributed by atoms with Crippen molar-refractivity contribution in [1.29, 1.82) is 0 Å². The number of hydrogen-bond donors (Lipinski definition) is 1. The van der Waals surface area contributed by atoms with Crippen LogP contribution in [0.15, 0.2) is 16.9 Å². The summed E-state index contributed by atoms with van der Waals surface area (Å²) in [5.74, 6) is -0.0132. The van der Waals surface area contributed by atoms with Gasteiger partial charge in [-0.1, -0.05) is 0 Å². The van der Waals surface area contributed by atoms with E-state index in [1.165, 1.54) is 18.9 Å². The molecule has 5 heteroatoms. The van der Waals surface area contributed by atoms with Gasteiger partial charge in [-0.3, -0.25) is 14.5 Å². The van der Waals surface area contributed by atoms with E-state index in [-0.39, 0.29) is 11.5 Å². The number of nitrogens with zero attached hydrogens (tertiary/aromatic N) is 2. The van der Waals surface area contributed by atoms with Gasteiger partial charge in [-0.15, -0.1) is 0 Å². The predicted octanol–water partition coefficient (Wildman–Crippen LogP) is 0.604. The number of H-pyrrole nitrogens is 1. The van der Waals surface area contributed by atoms with Crippen molar-refractivity contribution in [2.45, 2.75) is 25.8 Å².